The van der Waals surface area contributed by atoms with E-state index >= 15 is 0 Å². The molecular weight excluding hydrogens is 288 g/mol. The highest BCUT2D eigenvalue weighted by atomic mass is 32.2. The molecular formula is C15H14N2O3S. The van der Waals surface area contributed by atoms with Gasteiger partial charge in [-0.2, -0.15) is 0 Å². The van der Waals surface area contributed by atoms with Gasteiger partial charge in [0.1, 0.15) is 5.76 Å². The van der Waals surface area contributed by atoms with Crippen molar-refractivity contribution in [3.8, 4) is 11.3 Å². The van der Waals surface area contributed by atoms with Crippen LogP contribution in [0.5, 0.6) is 0 Å². The lowest BCUT2D eigenvalue weighted by molar-refractivity contribution is 0.390. The van der Waals surface area contributed by atoms with Crippen molar-refractivity contribution < 1.29 is 13.3 Å². The van der Waals surface area contributed by atoms with E-state index in [1.54, 1.807) is 6.07 Å². The Hall–Kier alpha value is -2.21. The van der Waals surface area contributed by atoms with Gasteiger partial charge in [0.2, 0.25) is 0 Å². The summed E-state index contributed by atoms with van der Waals surface area (Å²) in [6, 6.07) is 13.3. The van der Waals surface area contributed by atoms with Crippen molar-refractivity contribution in [2.45, 2.75) is 18.4 Å². The summed E-state index contributed by atoms with van der Waals surface area (Å²) in [6.45, 7) is 1.83. The SMILES string of the molecule is Cc1cc(CS(=O)Cc2cc(-c3ccccc3)on2)on1. The van der Waals surface area contributed by atoms with E-state index in [1.807, 2.05) is 43.3 Å². The normalized spacial score (nSPS) is 12.4. The van der Waals surface area contributed by atoms with Gasteiger partial charge in [-0.25, -0.2) is 0 Å². The van der Waals surface area contributed by atoms with Crippen LogP contribution < -0.4 is 0 Å². The highest BCUT2D eigenvalue weighted by Gasteiger charge is 2.12. The summed E-state index contributed by atoms with van der Waals surface area (Å²) in [5, 5.41) is 7.74. The first kappa shape index (κ1) is 13.8. The summed E-state index contributed by atoms with van der Waals surface area (Å²) in [5.74, 6) is 1.96. The van der Waals surface area contributed by atoms with Gasteiger partial charge in [-0.15, -0.1) is 0 Å². The molecule has 0 aliphatic heterocycles. The van der Waals surface area contributed by atoms with Gasteiger partial charge in [-0.1, -0.05) is 40.6 Å². The third-order valence-electron chi connectivity index (χ3n) is 2.91. The zero-order valence-electron chi connectivity index (χ0n) is 11.5. The fourth-order valence-electron chi connectivity index (χ4n) is 1.98. The lowest BCUT2D eigenvalue weighted by Crippen LogP contribution is -1.98. The molecule has 2 aromatic heterocycles. The molecule has 3 aromatic rings. The summed E-state index contributed by atoms with van der Waals surface area (Å²) in [4.78, 5) is 0. The van der Waals surface area contributed by atoms with Crippen LogP contribution in [-0.2, 0) is 22.3 Å². The van der Waals surface area contributed by atoms with E-state index in [4.69, 9.17) is 9.05 Å². The lowest BCUT2D eigenvalue weighted by Gasteiger charge is -1.95. The van der Waals surface area contributed by atoms with Crippen LogP contribution in [0.2, 0.25) is 0 Å². The van der Waals surface area contributed by atoms with Gasteiger partial charge in [0.15, 0.2) is 5.76 Å². The molecule has 0 fully saturated rings. The fourth-order valence-corrected chi connectivity index (χ4v) is 3.00. The number of nitrogens with zero attached hydrogens (tertiary/aromatic N) is 2. The summed E-state index contributed by atoms with van der Waals surface area (Å²) in [5.41, 5.74) is 2.41. The molecule has 21 heavy (non-hydrogen) atoms. The summed E-state index contributed by atoms with van der Waals surface area (Å²) in [7, 11) is -1.11. The van der Waals surface area contributed by atoms with Crippen LogP contribution >= 0.6 is 0 Å². The maximum atomic E-state index is 12.1. The van der Waals surface area contributed by atoms with Gasteiger partial charge >= 0.3 is 0 Å². The van der Waals surface area contributed by atoms with Crippen molar-refractivity contribution in [1.82, 2.24) is 10.3 Å². The first-order chi connectivity index (χ1) is 10.2. The minimum absolute atomic E-state index is 0.328. The monoisotopic (exact) mass is 302 g/mol. The maximum absolute atomic E-state index is 12.1. The molecule has 0 radical (unpaired) electrons. The molecule has 3 rings (SSSR count). The zero-order valence-corrected chi connectivity index (χ0v) is 12.3. The van der Waals surface area contributed by atoms with Crippen molar-refractivity contribution in [1.29, 1.82) is 0 Å². The number of rotatable bonds is 5. The molecule has 1 aromatic carbocycles. The van der Waals surface area contributed by atoms with E-state index in [2.05, 4.69) is 10.3 Å². The third kappa shape index (κ3) is 3.46. The van der Waals surface area contributed by atoms with Crippen LogP contribution in [-0.4, -0.2) is 14.5 Å². The molecule has 0 saturated carbocycles. The highest BCUT2D eigenvalue weighted by molar-refractivity contribution is 7.83. The zero-order chi connectivity index (χ0) is 14.7. The maximum Gasteiger partial charge on any atom is 0.167 e. The lowest BCUT2D eigenvalue weighted by atomic mass is 10.2. The Morgan fingerprint density at radius 3 is 2.57 bits per heavy atom. The van der Waals surface area contributed by atoms with Crippen LogP contribution in [0.15, 0.2) is 51.5 Å². The van der Waals surface area contributed by atoms with E-state index in [-0.39, 0.29) is 0 Å². The highest BCUT2D eigenvalue weighted by Crippen LogP contribution is 2.20. The summed E-state index contributed by atoms with van der Waals surface area (Å²) < 4.78 is 22.4. The van der Waals surface area contributed by atoms with Crippen molar-refractivity contribution in [3.63, 3.8) is 0 Å². The molecule has 0 N–H and O–H groups in total. The number of hydrogen-bond donors (Lipinski definition) is 0. The van der Waals surface area contributed by atoms with Crippen molar-refractivity contribution in [2.75, 3.05) is 0 Å². The van der Waals surface area contributed by atoms with Gasteiger partial charge in [0.05, 0.1) is 22.9 Å². The van der Waals surface area contributed by atoms with E-state index in [9.17, 15) is 4.21 Å². The third-order valence-corrected chi connectivity index (χ3v) is 4.13. The fraction of sp³-hybridized carbons (Fsp3) is 0.200. The molecule has 6 heteroatoms. The molecule has 0 aliphatic rings. The standard InChI is InChI=1S/C15H14N2O3S/c1-11-7-14(19-16-11)10-21(18)9-13-8-15(20-17-13)12-5-3-2-4-6-12/h2-8H,9-10H2,1H3. The molecule has 108 valence electrons. The quantitative estimate of drug-likeness (QED) is 0.724. The van der Waals surface area contributed by atoms with E-state index in [0.717, 1.165) is 11.3 Å². The van der Waals surface area contributed by atoms with Crippen LogP contribution in [0, 0.1) is 6.92 Å². The minimum atomic E-state index is -1.11. The number of aromatic nitrogens is 2. The molecule has 1 unspecified atom stereocenters. The van der Waals surface area contributed by atoms with Gasteiger partial charge in [-0.3, -0.25) is 4.21 Å². The Morgan fingerprint density at radius 2 is 1.86 bits per heavy atom. The largest absolute Gasteiger partial charge is 0.360 e. The van der Waals surface area contributed by atoms with Crippen LogP contribution in [0.1, 0.15) is 17.1 Å². The molecule has 5 nitrogen and oxygen atoms in total. The summed E-state index contributed by atoms with van der Waals surface area (Å²) in [6.07, 6.45) is 0. The molecule has 0 aliphatic carbocycles. The van der Waals surface area contributed by atoms with Crippen molar-refractivity contribution >= 4 is 10.8 Å². The second-order valence-electron chi connectivity index (χ2n) is 4.71. The number of aryl methyl sites for hydroxylation is 1. The topological polar surface area (TPSA) is 69.1 Å². The van der Waals surface area contributed by atoms with E-state index < -0.39 is 10.8 Å². The minimum Gasteiger partial charge on any atom is -0.360 e. The second-order valence-corrected chi connectivity index (χ2v) is 6.17. The predicted molar refractivity (Wildman–Crippen MR) is 78.7 cm³/mol. The van der Waals surface area contributed by atoms with Gasteiger partial charge in [0.25, 0.3) is 0 Å². The van der Waals surface area contributed by atoms with E-state index in [0.29, 0.717) is 28.7 Å². The van der Waals surface area contributed by atoms with Crippen molar-refractivity contribution in [2.24, 2.45) is 0 Å². The Morgan fingerprint density at radius 1 is 1.05 bits per heavy atom. The molecule has 0 saturated heterocycles. The Bertz CT molecular complexity index is 749. The summed E-state index contributed by atoms with van der Waals surface area (Å²) >= 11 is 0. The molecule has 2 heterocycles. The first-order valence-electron chi connectivity index (χ1n) is 6.49. The van der Waals surface area contributed by atoms with Crippen LogP contribution in [0.25, 0.3) is 11.3 Å². The number of benzene rings is 1. The van der Waals surface area contributed by atoms with Gasteiger partial charge in [0, 0.05) is 28.5 Å². The smallest absolute Gasteiger partial charge is 0.167 e. The predicted octanol–water partition coefficient (Wildman–Crippen LogP) is 3.09. The Labute approximate surface area is 124 Å². The van der Waals surface area contributed by atoms with E-state index in [1.165, 1.54) is 0 Å². The molecule has 1 atom stereocenters. The Kier molecular flexibility index (Phi) is 3.96. The van der Waals surface area contributed by atoms with Crippen molar-refractivity contribution in [3.05, 3.63) is 59.6 Å². The average Bonchev–Trinajstić information content (AvgIpc) is 3.09. The molecule has 0 amide bonds. The molecule has 0 spiro atoms. The Balaban J connectivity index is 1.66. The van der Waals surface area contributed by atoms with Gasteiger partial charge in [-0.05, 0) is 6.92 Å². The van der Waals surface area contributed by atoms with Crippen LogP contribution in [0.4, 0.5) is 0 Å². The number of hydrogen-bond acceptors (Lipinski definition) is 5. The molecule has 0 bridgehead atoms. The van der Waals surface area contributed by atoms with Gasteiger partial charge < -0.3 is 9.05 Å². The average molecular weight is 302 g/mol. The second kappa shape index (κ2) is 6.05. The van der Waals surface area contributed by atoms with Crippen LogP contribution in [0.3, 0.4) is 0 Å². The first-order valence-corrected chi connectivity index (χ1v) is 7.98.